The summed E-state index contributed by atoms with van der Waals surface area (Å²) < 4.78 is 9.80. The van der Waals surface area contributed by atoms with Crippen LogP contribution in [-0.2, 0) is 9.53 Å². The maximum atomic E-state index is 12.3. The highest BCUT2D eigenvalue weighted by molar-refractivity contribution is 6.04. The number of nitro benzene ring substituents is 1. The molecule has 0 spiro atoms. The molecule has 1 aliphatic carbocycles. The van der Waals surface area contributed by atoms with Gasteiger partial charge in [0.1, 0.15) is 0 Å². The van der Waals surface area contributed by atoms with Gasteiger partial charge in [-0.15, -0.1) is 0 Å². The molecule has 1 aliphatic rings. The minimum absolute atomic E-state index is 0.00428. The van der Waals surface area contributed by atoms with E-state index >= 15 is 0 Å². The van der Waals surface area contributed by atoms with Crippen LogP contribution in [0, 0.1) is 10.1 Å². The van der Waals surface area contributed by atoms with Gasteiger partial charge >= 0.3 is 11.7 Å². The van der Waals surface area contributed by atoms with Gasteiger partial charge in [0.15, 0.2) is 12.4 Å². The molecule has 0 aromatic heterocycles. The molecule has 10 heteroatoms. The predicted molar refractivity (Wildman–Crippen MR) is 105 cm³/mol. The first kappa shape index (κ1) is 20.8. The maximum absolute atomic E-state index is 12.3. The van der Waals surface area contributed by atoms with E-state index < -0.39 is 29.1 Å². The number of ether oxygens (including phenoxy) is 2. The van der Waals surface area contributed by atoms with Crippen LogP contribution in [0.15, 0.2) is 42.5 Å². The van der Waals surface area contributed by atoms with Crippen molar-refractivity contribution in [1.82, 2.24) is 5.32 Å². The molecule has 2 N–H and O–H groups in total. The topological polar surface area (TPSA) is 137 Å². The summed E-state index contributed by atoms with van der Waals surface area (Å²) in [6.07, 6.45) is 1.86. The predicted octanol–water partition coefficient (Wildman–Crippen LogP) is 2.29. The molecule has 10 nitrogen and oxygen atoms in total. The van der Waals surface area contributed by atoms with Crippen LogP contribution in [0.4, 0.5) is 11.4 Å². The SMILES string of the molecule is COc1ccc(C(=O)OCC(=O)Nc2ccccc2C(=O)NC2CC2)cc1[N+](=O)[O-]. The van der Waals surface area contributed by atoms with Crippen molar-refractivity contribution in [2.24, 2.45) is 0 Å². The second kappa shape index (κ2) is 9.03. The van der Waals surface area contributed by atoms with Crippen LogP contribution in [0.5, 0.6) is 5.75 Å². The number of hydrogen-bond acceptors (Lipinski definition) is 7. The summed E-state index contributed by atoms with van der Waals surface area (Å²) in [5.74, 6) is -1.86. The molecular weight excluding hydrogens is 394 g/mol. The lowest BCUT2D eigenvalue weighted by molar-refractivity contribution is -0.385. The third-order valence-corrected chi connectivity index (χ3v) is 4.30. The Morgan fingerprint density at radius 2 is 1.90 bits per heavy atom. The lowest BCUT2D eigenvalue weighted by atomic mass is 10.1. The lowest BCUT2D eigenvalue weighted by Crippen LogP contribution is -2.28. The normalized spacial score (nSPS) is 12.6. The Bertz CT molecular complexity index is 1000. The number of methoxy groups -OCH3 is 1. The third kappa shape index (κ3) is 5.10. The molecule has 1 saturated carbocycles. The summed E-state index contributed by atoms with van der Waals surface area (Å²) in [4.78, 5) is 47.0. The zero-order valence-electron chi connectivity index (χ0n) is 16.0. The fourth-order valence-corrected chi connectivity index (χ4v) is 2.64. The zero-order valence-corrected chi connectivity index (χ0v) is 16.0. The maximum Gasteiger partial charge on any atom is 0.338 e. The largest absolute Gasteiger partial charge is 0.490 e. The van der Waals surface area contributed by atoms with Gasteiger partial charge in [0.25, 0.3) is 11.8 Å². The number of nitrogens with one attached hydrogen (secondary N) is 2. The van der Waals surface area contributed by atoms with Crippen molar-refractivity contribution in [3.63, 3.8) is 0 Å². The molecule has 0 heterocycles. The summed E-state index contributed by atoms with van der Waals surface area (Å²) in [5, 5.41) is 16.4. The van der Waals surface area contributed by atoms with Crippen molar-refractivity contribution < 1.29 is 28.8 Å². The Balaban J connectivity index is 1.61. The number of benzene rings is 2. The summed E-state index contributed by atoms with van der Waals surface area (Å²) in [6.45, 7) is -0.628. The Morgan fingerprint density at radius 1 is 1.17 bits per heavy atom. The molecule has 2 aromatic carbocycles. The molecule has 0 bridgehead atoms. The van der Waals surface area contributed by atoms with Gasteiger partial charge in [-0.2, -0.15) is 0 Å². The van der Waals surface area contributed by atoms with Crippen LogP contribution < -0.4 is 15.4 Å². The van der Waals surface area contributed by atoms with E-state index in [1.165, 1.54) is 19.2 Å². The van der Waals surface area contributed by atoms with Crippen molar-refractivity contribution >= 4 is 29.2 Å². The number of carbonyl (C=O) groups excluding carboxylic acids is 3. The molecular formula is C20H19N3O7. The molecule has 3 rings (SSSR count). The Kier molecular flexibility index (Phi) is 6.26. The molecule has 0 unspecified atom stereocenters. The van der Waals surface area contributed by atoms with Crippen LogP contribution in [0.25, 0.3) is 0 Å². The monoisotopic (exact) mass is 413 g/mol. The molecule has 156 valence electrons. The van der Waals surface area contributed by atoms with Crippen LogP contribution >= 0.6 is 0 Å². The minimum Gasteiger partial charge on any atom is -0.490 e. The number of nitro groups is 1. The van der Waals surface area contributed by atoms with Gasteiger partial charge in [-0.25, -0.2) is 4.79 Å². The van der Waals surface area contributed by atoms with Crippen molar-refractivity contribution in [3.8, 4) is 5.75 Å². The second-order valence-corrected chi connectivity index (χ2v) is 6.56. The Labute approximate surface area is 171 Å². The van der Waals surface area contributed by atoms with E-state index in [-0.39, 0.29) is 28.9 Å². The summed E-state index contributed by atoms with van der Waals surface area (Å²) >= 11 is 0. The van der Waals surface area contributed by atoms with Crippen LogP contribution in [0.2, 0.25) is 0 Å². The van der Waals surface area contributed by atoms with Gasteiger partial charge in [-0.3, -0.25) is 19.7 Å². The average molecular weight is 413 g/mol. The second-order valence-electron chi connectivity index (χ2n) is 6.56. The van der Waals surface area contributed by atoms with Crippen molar-refractivity contribution in [2.45, 2.75) is 18.9 Å². The van der Waals surface area contributed by atoms with E-state index in [1.807, 2.05) is 0 Å². The van der Waals surface area contributed by atoms with Gasteiger partial charge in [0.05, 0.1) is 28.8 Å². The van der Waals surface area contributed by atoms with Crippen molar-refractivity contribution in [2.75, 3.05) is 19.0 Å². The smallest absolute Gasteiger partial charge is 0.338 e. The van der Waals surface area contributed by atoms with E-state index in [1.54, 1.807) is 24.3 Å². The number of para-hydroxylation sites is 1. The van der Waals surface area contributed by atoms with E-state index in [0.29, 0.717) is 5.56 Å². The lowest BCUT2D eigenvalue weighted by Gasteiger charge is -2.11. The molecule has 1 fully saturated rings. The van der Waals surface area contributed by atoms with Crippen molar-refractivity contribution in [3.05, 3.63) is 63.7 Å². The summed E-state index contributed by atoms with van der Waals surface area (Å²) in [6, 6.07) is 10.2. The van der Waals surface area contributed by atoms with E-state index in [4.69, 9.17) is 9.47 Å². The summed E-state index contributed by atoms with van der Waals surface area (Å²) in [5.41, 5.74) is 0.0955. The van der Waals surface area contributed by atoms with Gasteiger partial charge < -0.3 is 20.1 Å². The van der Waals surface area contributed by atoms with E-state index in [9.17, 15) is 24.5 Å². The van der Waals surface area contributed by atoms with Crippen LogP contribution in [0.1, 0.15) is 33.6 Å². The molecule has 0 aliphatic heterocycles. The van der Waals surface area contributed by atoms with Crippen molar-refractivity contribution in [1.29, 1.82) is 0 Å². The first-order chi connectivity index (χ1) is 14.4. The highest BCUT2D eigenvalue weighted by atomic mass is 16.6. The molecule has 0 saturated heterocycles. The van der Waals surface area contributed by atoms with Gasteiger partial charge in [0, 0.05) is 12.1 Å². The third-order valence-electron chi connectivity index (χ3n) is 4.30. The van der Waals surface area contributed by atoms with Crippen LogP contribution in [0.3, 0.4) is 0 Å². The van der Waals surface area contributed by atoms with Crippen LogP contribution in [-0.4, -0.2) is 42.5 Å². The number of carbonyl (C=O) groups is 3. The molecule has 2 amide bonds. The fraction of sp³-hybridized carbons (Fsp3) is 0.250. The van der Waals surface area contributed by atoms with E-state index in [0.717, 1.165) is 18.9 Å². The number of rotatable bonds is 8. The minimum atomic E-state index is -0.907. The number of amides is 2. The fourth-order valence-electron chi connectivity index (χ4n) is 2.64. The number of esters is 1. The Morgan fingerprint density at radius 3 is 2.57 bits per heavy atom. The number of anilines is 1. The highest BCUT2D eigenvalue weighted by Gasteiger charge is 2.25. The number of hydrogen-bond donors (Lipinski definition) is 2. The van der Waals surface area contributed by atoms with Gasteiger partial charge in [0.2, 0.25) is 0 Å². The first-order valence-electron chi connectivity index (χ1n) is 9.08. The molecule has 2 aromatic rings. The Hall–Kier alpha value is -3.95. The number of nitrogens with zero attached hydrogens (tertiary/aromatic N) is 1. The average Bonchev–Trinajstić information content (AvgIpc) is 3.55. The standard InChI is InChI=1S/C20H19N3O7/c1-29-17-9-6-12(10-16(17)23(27)28)20(26)30-11-18(24)22-15-5-3-2-4-14(15)19(25)21-13-7-8-13/h2-6,9-10,13H,7-8,11H2,1H3,(H,21,25)(H,22,24). The van der Waals surface area contributed by atoms with Gasteiger partial charge in [-0.1, -0.05) is 12.1 Å². The molecule has 0 radical (unpaired) electrons. The quantitative estimate of drug-likeness (QED) is 0.385. The molecule has 0 atom stereocenters. The first-order valence-corrected chi connectivity index (χ1v) is 9.08. The summed E-state index contributed by atoms with van der Waals surface area (Å²) in [7, 11) is 1.27. The van der Waals surface area contributed by atoms with Gasteiger partial charge in [-0.05, 0) is 37.1 Å². The van der Waals surface area contributed by atoms with E-state index in [2.05, 4.69) is 10.6 Å². The highest BCUT2D eigenvalue weighted by Crippen LogP contribution is 2.27. The molecule has 30 heavy (non-hydrogen) atoms. The zero-order chi connectivity index (χ0) is 21.7.